The number of hydrogen-bond donors (Lipinski definition) is 0. The molecule has 0 unspecified atom stereocenters. The molecule has 1 aromatic rings. The number of ether oxygens (including phenoxy) is 1. The van der Waals surface area contributed by atoms with E-state index in [-0.39, 0.29) is 12.2 Å². The molecule has 1 aromatic heterocycles. The highest BCUT2D eigenvalue weighted by Gasteiger charge is 2.32. The Balaban J connectivity index is 2.79. The molecule has 14 heavy (non-hydrogen) atoms. The van der Waals surface area contributed by atoms with Gasteiger partial charge in [0.15, 0.2) is 0 Å². The van der Waals surface area contributed by atoms with Gasteiger partial charge in [-0.15, -0.1) is 0 Å². The normalized spacial score (nSPS) is 11.7. The molecule has 0 saturated carbocycles. The molecule has 6 heteroatoms. The van der Waals surface area contributed by atoms with Crippen molar-refractivity contribution in [3.05, 3.63) is 23.8 Å². The second-order valence-electron chi connectivity index (χ2n) is 2.60. The van der Waals surface area contributed by atoms with Crippen molar-refractivity contribution in [2.45, 2.75) is 12.6 Å². The summed E-state index contributed by atoms with van der Waals surface area (Å²) in [4.78, 5) is 7.06. The van der Waals surface area contributed by atoms with Crippen molar-refractivity contribution in [3.63, 3.8) is 0 Å². The fraction of sp³-hybridized carbons (Fsp3) is 0.500. The van der Waals surface area contributed by atoms with E-state index >= 15 is 0 Å². The number of hydrogen-bond acceptors (Lipinski definition) is 3. The lowest BCUT2D eigenvalue weighted by Crippen LogP contribution is -2.11. The van der Waals surface area contributed by atoms with Gasteiger partial charge in [0.05, 0.1) is 6.61 Å². The summed E-state index contributed by atoms with van der Waals surface area (Å²) < 4.78 is 41.2. The first-order valence-electron chi connectivity index (χ1n) is 3.92. The smallest absolute Gasteiger partial charge is 0.384 e. The second kappa shape index (κ2) is 4.36. The summed E-state index contributed by atoms with van der Waals surface area (Å²) in [5, 5.41) is 0. The molecule has 1 rings (SSSR count). The maximum atomic E-state index is 12.2. The van der Waals surface area contributed by atoms with E-state index < -0.39 is 11.9 Å². The largest absolute Gasteiger partial charge is 0.433 e. The van der Waals surface area contributed by atoms with Gasteiger partial charge in [0, 0.05) is 19.7 Å². The summed E-state index contributed by atoms with van der Waals surface area (Å²) in [6, 6.07) is 0.844. The van der Waals surface area contributed by atoms with Gasteiger partial charge in [0.25, 0.3) is 0 Å². The van der Waals surface area contributed by atoms with Crippen LogP contribution in [0.2, 0.25) is 0 Å². The maximum Gasteiger partial charge on any atom is 0.433 e. The van der Waals surface area contributed by atoms with E-state index in [4.69, 9.17) is 4.74 Å². The summed E-state index contributed by atoms with van der Waals surface area (Å²) in [7, 11) is 1.47. The number of halogens is 3. The van der Waals surface area contributed by atoms with E-state index in [2.05, 4.69) is 9.97 Å². The molecular weight excluding hydrogens is 197 g/mol. The van der Waals surface area contributed by atoms with Gasteiger partial charge in [-0.25, -0.2) is 9.97 Å². The Hall–Kier alpha value is -1.17. The average molecular weight is 206 g/mol. The van der Waals surface area contributed by atoms with Gasteiger partial charge in [-0.1, -0.05) is 0 Å². The van der Waals surface area contributed by atoms with Gasteiger partial charge in [-0.05, 0) is 6.07 Å². The van der Waals surface area contributed by atoms with E-state index in [0.717, 1.165) is 12.3 Å². The summed E-state index contributed by atoms with van der Waals surface area (Å²) in [5.41, 5.74) is -0.918. The molecule has 0 aliphatic carbocycles. The van der Waals surface area contributed by atoms with Crippen molar-refractivity contribution in [2.24, 2.45) is 0 Å². The van der Waals surface area contributed by atoms with E-state index in [1.165, 1.54) is 7.11 Å². The van der Waals surface area contributed by atoms with Crippen molar-refractivity contribution < 1.29 is 17.9 Å². The summed E-state index contributed by atoms with van der Waals surface area (Å²) in [5.74, 6) is 0.140. The van der Waals surface area contributed by atoms with Crippen LogP contribution in [0, 0.1) is 0 Å². The highest BCUT2D eigenvalue weighted by molar-refractivity contribution is 5.06. The third-order valence-electron chi connectivity index (χ3n) is 1.53. The van der Waals surface area contributed by atoms with Crippen molar-refractivity contribution in [1.82, 2.24) is 9.97 Å². The second-order valence-corrected chi connectivity index (χ2v) is 2.60. The van der Waals surface area contributed by atoms with Crippen LogP contribution in [0.1, 0.15) is 11.5 Å². The summed E-state index contributed by atoms with van der Waals surface area (Å²) in [6.45, 7) is 0.307. The van der Waals surface area contributed by atoms with Crippen LogP contribution < -0.4 is 0 Å². The Bertz CT molecular complexity index is 301. The molecule has 0 N–H and O–H groups in total. The molecule has 0 saturated heterocycles. The lowest BCUT2D eigenvalue weighted by Gasteiger charge is -2.06. The molecular formula is C8H9F3N2O. The Kier molecular flexibility index (Phi) is 3.40. The first kappa shape index (κ1) is 10.9. The summed E-state index contributed by atoms with van der Waals surface area (Å²) >= 11 is 0. The topological polar surface area (TPSA) is 35.0 Å². The monoisotopic (exact) mass is 206 g/mol. The van der Waals surface area contributed by atoms with Gasteiger partial charge in [-0.3, -0.25) is 0 Å². The van der Waals surface area contributed by atoms with Gasteiger partial charge in [0.2, 0.25) is 0 Å². The fourth-order valence-corrected chi connectivity index (χ4v) is 0.871. The van der Waals surface area contributed by atoms with Gasteiger partial charge in [-0.2, -0.15) is 13.2 Å². The predicted molar refractivity (Wildman–Crippen MR) is 42.6 cm³/mol. The van der Waals surface area contributed by atoms with E-state index in [9.17, 15) is 13.2 Å². The van der Waals surface area contributed by atoms with Crippen molar-refractivity contribution >= 4 is 0 Å². The van der Waals surface area contributed by atoms with Crippen LogP contribution in [0.25, 0.3) is 0 Å². The van der Waals surface area contributed by atoms with Crippen molar-refractivity contribution in [1.29, 1.82) is 0 Å². The molecule has 0 bridgehead atoms. The lowest BCUT2D eigenvalue weighted by atomic mass is 10.3. The Morgan fingerprint density at radius 1 is 1.43 bits per heavy atom. The third kappa shape index (κ3) is 2.95. The number of alkyl halides is 3. The average Bonchev–Trinajstić information content (AvgIpc) is 2.14. The van der Waals surface area contributed by atoms with Crippen molar-refractivity contribution in [2.75, 3.05) is 13.7 Å². The van der Waals surface area contributed by atoms with E-state index in [1.54, 1.807) is 0 Å². The molecule has 0 aliphatic heterocycles. The molecule has 0 aromatic carbocycles. The molecule has 0 spiro atoms. The minimum absolute atomic E-state index is 0.140. The zero-order valence-electron chi connectivity index (χ0n) is 7.51. The zero-order valence-corrected chi connectivity index (χ0v) is 7.51. The molecule has 0 radical (unpaired) electrons. The van der Waals surface area contributed by atoms with E-state index in [0.29, 0.717) is 6.61 Å². The van der Waals surface area contributed by atoms with Crippen LogP contribution in [0.15, 0.2) is 12.3 Å². The molecule has 1 heterocycles. The fourth-order valence-electron chi connectivity index (χ4n) is 0.871. The number of methoxy groups -OCH3 is 1. The van der Waals surface area contributed by atoms with Crippen LogP contribution in [-0.4, -0.2) is 23.7 Å². The van der Waals surface area contributed by atoms with Crippen LogP contribution in [0.3, 0.4) is 0 Å². The minimum atomic E-state index is -4.41. The number of rotatable bonds is 3. The van der Waals surface area contributed by atoms with Gasteiger partial charge >= 0.3 is 6.18 Å². The first-order chi connectivity index (χ1) is 6.54. The van der Waals surface area contributed by atoms with Gasteiger partial charge < -0.3 is 4.74 Å². The van der Waals surface area contributed by atoms with Gasteiger partial charge in [0.1, 0.15) is 11.5 Å². The van der Waals surface area contributed by atoms with Crippen molar-refractivity contribution in [3.8, 4) is 0 Å². The quantitative estimate of drug-likeness (QED) is 0.754. The molecule has 0 fully saturated rings. The molecule has 0 atom stereocenters. The Labute approximate surface area is 78.9 Å². The van der Waals surface area contributed by atoms with E-state index in [1.807, 2.05) is 0 Å². The third-order valence-corrected chi connectivity index (χ3v) is 1.53. The highest BCUT2D eigenvalue weighted by atomic mass is 19.4. The Morgan fingerprint density at radius 3 is 2.71 bits per heavy atom. The molecule has 3 nitrogen and oxygen atoms in total. The Morgan fingerprint density at radius 2 is 2.14 bits per heavy atom. The molecule has 0 amide bonds. The first-order valence-corrected chi connectivity index (χ1v) is 3.92. The SMILES string of the molecule is COCCc1nccc(C(F)(F)F)n1. The maximum absolute atomic E-state index is 12.2. The standard InChI is InChI=1S/C8H9F3N2O/c1-14-5-3-7-12-4-2-6(13-7)8(9,10)11/h2,4H,3,5H2,1H3. The zero-order chi connectivity index (χ0) is 10.6. The minimum Gasteiger partial charge on any atom is -0.384 e. The molecule has 0 aliphatic rings. The van der Waals surface area contributed by atoms with Crippen LogP contribution in [-0.2, 0) is 17.3 Å². The summed E-state index contributed by atoms with van der Waals surface area (Å²) in [6.07, 6.45) is -3.04. The highest BCUT2D eigenvalue weighted by Crippen LogP contribution is 2.26. The van der Waals surface area contributed by atoms with Crippen LogP contribution >= 0.6 is 0 Å². The predicted octanol–water partition coefficient (Wildman–Crippen LogP) is 1.68. The number of aromatic nitrogens is 2. The van der Waals surface area contributed by atoms with Crippen LogP contribution in [0.5, 0.6) is 0 Å². The van der Waals surface area contributed by atoms with Crippen LogP contribution in [0.4, 0.5) is 13.2 Å². The molecule has 78 valence electrons. The number of nitrogens with zero attached hydrogens (tertiary/aromatic N) is 2. The lowest BCUT2D eigenvalue weighted by molar-refractivity contribution is -0.141.